The first kappa shape index (κ1) is 15.2. The molecule has 0 unspecified atom stereocenters. The Morgan fingerprint density at radius 2 is 1.90 bits per heavy atom. The maximum Gasteiger partial charge on any atom is 0.150 e. The molecule has 0 saturated carbocycles. The number of nitrogens with zero attached hydrogens (tertiary/aromatic N) is 2. The molecule has 2 rings (SSSR count). The molecule has 20 heavy (non-hydrogen) atoms. The summed E-state index contributed by atoms with van der Waals surface area (Å²) < 4.78 is 14.8. The third-order valence-corrected chi connectivity index (χ3v) is 4.01. The van der Waals surface area contributed by atoms with Crippen LogP contribution >= 0.6 is 31.9 Å². The molecule has 0 spiro atoms. The van der Waals surface area contributed by atoms with Gasteiger partial charge in [-0.3, -0.25) is 0 Å². The minimum Gasteiger partial charge on any atom is -0.369 e. The summed E-state index contributed by atoms with van der Waals surface area (Å²) in [7, 11) is 0. The Kier molecular flexibility index (Phi) is 4.93. The molecule has 1 heterocycles. The number of benzene rings is 1. The number of aryl methyl sites for hydroxylation is 1. The lowest BCUT2D eigenvalue weighted by atomic mass is 10.2. The normalized spacial score (nSPS) is 10.4. The van der Waals surface area contributed by atoms with Crippen molar-refractivity contribution in [2.75, 3.05) is 17.2 Å². The van der Waals surface area contributed by atoms with Crippen LogP contribution in [-0.4, -0.2) is 16.5 Å². The van der Waals surface area contributed by atoms with E-state index in [0.29, 0.717) is 26.3 Å². The lowest BCUT2D eigenvalue weighted by Gasteiger charge is -2.13. The van der Waals surface area contributed by atoms with Crippen LogP contribution in [0.25, 0.3) is 0 Å². The van der Waals surface area contributed by atoms with Gasteiger partial charge in [-0.25, -0.2) is 14.4 Å². The molecule has 2 N–H and O–H groups in total. The molecular weight excluding hydrogens is 391 g/mol. The molecule has 0 bridgehead atoms. The molecule has 1 aromatic heterocycles. The van der Waals surface area contributed by atoms with Crippen molar-refractivity contribution in [3.8, 4) is 0 Å². The Morgan fingerprint density at radius 1 is 1.20 bits per heavy atom. The predicted octanol–water partition coefficient (Wildman–Crippen LogP) is 4.62. The smallest absolute Gasteiger partial charge is 0.150 e. The van der Waals surface area contributed by atoms with E-state index in [9.17, 15) is 4.39 Å². The molecular formula is C13H13Br2FN4. The minimum absolute atomic E-state index is 0.324. The summed E-state index contributed by atoms with van der Waals surface area (Å²) in [6.07, 6.45) is 1.45. The predicted molar refractivity (Wildman–Crippen MR) is 86.0 cm³/mol. The molecule has 2 aromatic rings. The minimum atomic E-state index is -0.324. The molecule has 0 aliphatic rings. The second-order valence-corrected chi connectivity index (χ2v) is 5.77. The number of hydrogen-bond donors (Lipinski definition) is 2. The topological polar surface area (TPSA) is 49.8 Å². The molecule has 0 amide bonds. The highest BCUT2D eigenvalue weighted by molar-refractivity contribution is 9.11. The highest BCUT2D eigenvalue weighted by atomic mass is 79.9. The van der Waals surface area contributed by atoms with Crippen molar-refractivity contribution < 1.29 is 4.39 Å². The van der Waals surface area contributed by atoms with E-state index in [1.807, 2.05) is 13.8 Å². The highest BCUT2D eigenvalue weighted by Crippen LogP contribution is 2.31. The summed E-state index contributed by atoms with van der Waals surface area (Å²) in [5, 5.41) is 6.23. The molecule has 0 radical (unpaired) electrons. The monoisotopic (exact) mass is 402 g/mol. The second-order valence-electron chi connectivity index (χ2n) is 4.12. The number of aromatic nitrogens is 2. The third kappa shape index (κ3) is 3.27. The van der Waals surface area contributed by atoms with E-state index in [1.54, 1.807) is 6.07 Å². The van der Waals surface area contributed by atoms with Crippen molar-refractivity contribution >= 4 is 49.2 Å². The Morgan fingerprint density at radius 3 is 2.60 bits per heavy atom. The summed E-state index contributed by atoms with van der Waals surface area (Å²) >= 11 is 6.61. The Balaban J connectivity index is 2.35. The first-order valence-electron chi connectivity index (χ1n) is 6.00. The van der Waals surface area contributed by atoms with Gasteiger partial charge in [-0.1, -0.05) is 0 Å². The van der Waals surface area contributed by atoms with Crippen LogP contribution in [0.1, 0.15) is 12.5 Å². The Bertz CT molecular complexity index is 634. The van der Waals surface area contributed by atoms with Gasteiger partial charge in [0.25, 0.3) is 0 Å². The highest BCUT2D eigenvalue weighted by Gasteiger charge is 2.11. The van der Waals surface area contributed by atoms with Crippen molar-refractivity contribution in [1.82, 2.24) is 9.97 Å². The summed E-state index contributed by atoms with van der Waals surface area (Å²) in [6.45, 7) is 4.63. The first-order valence-corrected chi connectivity index (χ1v) is 7.58. The molecule has 0 fully saturated rings. The largest absolute Gasteiger partial charge is 0.369 e. The fourth-order valence-corrected chi connectivity index (χ4v) is 2.56. The maximum atomic E-state index is 13.6. The van der Waals surface area contributed by atoms with Crippen molar-refractivity contribution in [3.63, 3.8) is 0 Å². The van der Waals surface area contributed by atoms with E-state index in [4.69, 9.17) is 0 Å². The van der Waals surface area contributed by atoms with E-state index in [1.165, 1.54) is 12.4 Å². The SMILES string of the molecule is CCNc1ncnc(Nc2cc(F)c(Br)cc2C)c1Br. The van der Waals surface area contributed by atoms with E-state index >= 15 is 0 Å². The molecule has 0 aliphatic carbocycles. The standard InChI is InChI=1S/C13H13Br2FN4/c1-3-17-12-11(15)13(19-6-18-12)20-10-5-9(16)8(14)4-7(10)2/h4-6H,3H2,1-2H3,(H2,17,18,19,20). The summed E-state index contributed by atoms with van der Waals surface area (Å²) in [4.78, 5) is 8.30. The molecule has 0 aliphatic heterocycles. The van der Waals surface area contributed by atoms with Crippen LogP contribution in [0.15, 0.2) is 27.4 Å². The summed E-state index contributed by atoms with van der Waals surface area (Å²) in [5.74, 6) is 0.955. The van der Waals surface area contributed by atoms with Gasteiger partial charge in [0.15, 0.2) is 0 Å². The Hall–Kier alpha value is -1.21. The third-order valence-electron chi connectivity index (χ3n) is 2.65. The van der Waals surface area contributed by atoms with Crippen LogP contribution in [0.3, 0.4) is 0 Å². The van der Waals surface area contributed by atoms with Crippen LogP contribution in [0.2, 0.25) is 0 Å². The number of anilines is 3. The van der Waals surface area contributed by atoms with Gasteiger partial charge in [-0.2, -0.15) is 0 Å². The molecule has 0 saturated heterocycles. The fourth-order valence-electron chi connectivity index (χ4n) is 1.66. The molecule has 7 heteroatoms. The Labute approximate surface area is 133 Å². The number of nitrogens with one attached hydrogen (secondary N) is 2. The van der Waals surface area contributed by atoms with E-state index < -0.39 is 0 Å². The number of rotatable bonds is 4. The average molecular weight is 404 g/mol. The molecule has 1 aromatic carbocycles. The second kappa shape index (κ2) is 6.49. The van der Waals surface area contributed by atoms with Gasteiger partial charge in [0.05, 0.1) is 4.47 Å². The van der Waals surface area contributed by atoms with Crippen LogP contribution < -0.4 is 10.6 Å². The van der Waals surface area contributed by atoms with Crippen molar-refractivity contribution in [2.24, 2.45) is 0 Å². The number of halogens is 3. The molecule has 106 valence electrons. The van der Waals surface area contributed by atoms with Gasteiger partial charge in [-0.15, -0.1) is 0 Å². The average Bonchev–Trinajstić information content (AvgIpc) is 2.40. The zero-order chi connectivity index (χ0) is 14.7. The van der Waals surface area contributed by atoms with Crippen LogP contribution in [0.5, 0.6) is 0 Å². The lowest BCUT2D eigenvalue weighted by molar-refractivity contribution is 0.621. The molecule has 4 nitrogen and oxygen atoms in total. The van der Waals surface area contributed by atoms with Gasteiger partial charge in [0.2, 0.25) is 0 Å². The van der Waals surface area contributed by atoms with Crippen LogP contribution in [0.4, 0.5) is 21.7 Å². The van der Waals surface area contributed by atoms with E-state index in [2.05, 4.69) is 52.5 Å². The van der Waals surface area contributed by atoms with Crippen LogP contribution in [0, 0.1) is 12.7 Å². The fraction of sp³-hybridized carbons (Fsp3) is 0.231. The summed E-state index contributed by atoms with van der Waals surface area (Å²) in [5.41, 5.74) is 1.57. The van der Waals surface area contributed by atoms with Crippen molar-refractivity contribution in [3.05, 3.63) is 38.8 Å². The van der Waals surface area contributed by atoms with E-state index in [-0.39, 0.29) is 5.82 Å². The van der Waals surface area contributed by atoms with Gasteiger partial charge in [0, 0.05) is 12.2 Å². The zero-order valence-corrected chi connectivity index (χ0v) is 14.1. The van der Waals surface area contributed by atoms with Crippen molar-refractivity contribution in [1.29, 1.82) is 0 Å². The first-order chi connectivity index (χ1) is 9.52. The van der Waals surface area contributed by atoms with Crippen LogP contribution in [-0.2, 0) is 0 Å². The van der Waals surface area contributed by atoms with Gasteiger partial charge in [-0.05, 0) is 63.4 Å². The maximum absolute atomic E-state index is 13.6. The molecule has 0 atom stereocenters. The zero-order valence-electron chi connectivity index (χ0n) is 11.0. The lowest BCUT2D eigenvalue weighted by Crippen LogP contribution is -2.04. The van der Waals surface area contributed by atoms with Gasteiger partial charge < -0.3 is 10.6 Å². The number of hydrogen-bond acceptors (Lipinski definition) is 4. The quantitative estimate of drug-likeness (QED) is 0.781. The van der Waals surface area contributed by atoms with Crippen molar-refractivity contribution in [2.45, 2.75) is 13.8 Å². The van der Waals surface area contributed by atoms with Gasteiger partial charge >= 0.3 is 0 Å². The summed E-state index contributed by atoms with van der Waals surface area (Å²) in [6, 6.07) is 3.15. The van der Waals surface area contributed by atoms with Gasteiger partial charge in [0.1, 0.15) is 28.3 Å². The van der Waals surface area contributed by atoms with E-state index in [0.717, 1.165) is 12.1 Å².